The van der Waals surface area contributed by atoms with Crippen molar-refractivity contribution in [3.8, 4) is 5.75 Å². The minimum atomic E-state index is 0.0555. The Labute approximate surface area is 143 Å². The molecule has 0 unspecified atom stereocenters. The topological polar surface area (TPSA) is 47.9 Å². The Balaban J connectivity index is 1.87. The van der Waals surface area contributed by atoms with Crippen molar-refractivity contribution in [1.29, 1.82) is 0 Å². The lowest BCUT2D eigenvalue weighted by molar-refractivity contribution is 0.0552. The Morgan fingerprint density at radius 1 is 1.04 bits per heavy atom. The number of ether oxygens (including phenoxy) is 2. The van der Waals surface area contributed by atoms with Crippen LogP contribution in [0, 0.1) is 0 Å². The average molecular weight is 325 g/mol. The maximum Gasteiger partial charge on any atom is 0.159 e. The number of hydrogen-bond donors (Lipinski definition) is 0. The van der Waals surface area contributed by atoms with Gasteiger partial charge in [0.25, 0.3) is 0 Å². The Morgan fingerprint density at radius 3 is 2.29 bits per heavy atom. The zero-order valence-corrected chi connectivity index (χ0v) is 14.4. The summed E-state index contributed by atoms with van der Waals surface area (Å²) in [6.45, 7) is 6.67. The number of rotatable bonds is 8. The number of ketones is 1. The number of nitrogens with zero attached hydrogens (tertiary/aromatic N) is 1. The molecule has 0 aliphatic carbocycles. The number of carbonyl (C=O) groups excluding carboxylic acids is 1. The molecule has 0 aliphatic heterocycles. The van der Waals surface area contributed by atoms with E-state index in [0.29, 0.717) is 18.8 Å². The van der Waals surface area contributed by atoms with Crippen molar-refractivity contribution < 1.29 is 14.3 Å². The summed E-state index contributed by atoms with van der Waals surface area (Å²) in [4.78, 5) is 15.6. The Morgan fingerprint density at radius 2 is 1.71 bits per heavy atom. The minimum absolute atomic E-state index is 0.0555. The van der Waals surface area contributed by atoms with Gasteiger partial charge in [-0.05, 0) is 74.9 Å². The lowest BCUT2D eigenvalue weighted by Gasteiger charge is -2.09. The number of aliphatic imine (C=N–C) groups is 1. The second-order valence-corrected chi connectivity index (χ2v) is 5.70. The molecular weight excluding hydrogens is 302 g/mol. The van der Waals surface area contributed by atoms with Crippen molar-refractivity contribution in [2.75, 3.05) is 13.2 Å². The smallest absolute Gasteiger partial charge is 0.159 e. The van der Waals surface area contributed by atoms with E-state index in [4.69, 9.17) is 9.47 Å². The van der Waals surface area contributed by atoms with Crippen LogP contribution >= 0.6 is 0 Å². The first-order chi connectivity index (χ1) is 11.5. The normalized spacial score (nSPS) is 11.2. The molecular formula is C20H23NO3. The quantitative estimate of drug-likeness (QED) is 0.409. The van der Waals surface area contributed by atoms with Gasteiger partial charge in [0.2, 0.25) is 0 Å². The lowest BCUT2D eigenvalue weighted by Crippen LogP contribution is -2.11. The lowest BCUT2D eigenvalue weighted by atomic mass is 10.1. The summed E-state index contributed by atoms with van der Waals surface area (Å²) in [6, 6.07) is 15.0. The molecule has 126 valence electrons. The zero-order valence-electron chi connectivity index (χ0n) is 14.4. The van der Waals surface area contributed by atoms with Crippen LogP contribution in [0.15, 0.2) is 53.5 Å². The van der Waals surface area contributed by atoms with E-state index in [1.54, 1.807) is 25.3 Å². The molecule has 0 N–H and O–H groups in total. The summed E-state index contributed by atoms with van der Waals surface area (Å²) in [7, 11) is 0. The third kappa shape index (κ3) is 5.97. The molecule has 0 radical (unpaired) electrons. The number of benzene rings is 2. The fourth-order valence-electron chi connectivity index (χ4n) is 2.02. The number of Topliss-reactive ketones (excluding diaryl/α,β-unsaturated/α-hetero) is 1. The molecule has 0 spiro atoms. The fraction of sp³-hybridized carbons (Fsp3) is 0.300. The monoisotopic (exact) mass is 325 g/mol. The van der Waals surface area contributed by atoms with Crippen LogP contribution in [0.4, 0.5) is 5.69 Å². The summed E-state index contributed by atoms with van der Waals surface area (Å²) in [5, 5.41) is 0. The molecule has 4 heteroatoms. The van der Waals surface area contributed by atoms with Gasteiger partial charge in [0, 0.05) is 11.8 Å². The van der Waals surface area contributed by atoms with Crippen LogP contribution in [0.2, 0.25) is 0 Å². The third-order valence-electron chi connectivity index (χ3n) is 3.32. The van der Waals surface area contributed by atoms with Gasteiger partial charge in [0.15, 0.2) is 5.78 Å². The van der Waals surface area contributed by atoms with E-state index in [1.165, 1.54) is 0 Å². The van der Waals surface area contributed by atoms with Gasteiger partial charge < -0.3 is 9.47 Å². The van der Waals surface area contributed by atoms with Gasteiger partial charge >= 0.3 is 0 Å². The molecule has 24 heavy (non-hydrogen) atoms. The molecule has 2 rings (SSSR count). The van der Waals surface area contributed by atoms with Crippen LogP contribution in [0.5, 0.6) is 5.75 Å². The molecule has 2 aromatic rings. The average Bonchev–Trinajstić information content (AvgIpc) is 2.58. The molecule has 0 saturated carbocycles. The highest BCUT2D eigenvalue weighted by Gasteiger charge is 1.98. The molecule has 0 fully saturated rings. The van der Waals surface area contributed by atoms with Crippen LogP contribution in [0.3, 0.4) is 0 Å². The van der Waals surface area contributed by atoms with Gasteiger partial charge in [-0.3, -0.25) is 9.79 Å². The Hall–Kier alpha value is -2.46. The first-order valence-electron chi connectivity index (χ1n) is 8.04. The van der Waals surface area contributed by atoms with E-state index in [9.17, 15) is 4.79 Å². The fourth-order valence-corrected chi connectivity index (χ4v) is 2.02. The zero-order chi connectivity index (χ0) is 17.4. The molecule has 0 bridgehead atoms. The summed E-state index contributed by atoms with van der Waals surface area (Å²) >= 11 is 0. The van der Waals surface area contributed by atoms with E-state index in [1.807, 2.05) is 50.2 Å². The van der Waals surface area contributed by atoms with Gasteiger partial charge in [0.05, 0.1) is 18.4 Å². The van der Waals surface area contributed by atoms with Crippen molar-refractivity contribution in [3.05, 3.63) is 59.7 Å². The molecule has 0 heterocycles. The number of hydrogen-bond acceptors (Lipinski definition) is 4. The second-order valence-electron chi connectivity index (χ2n) is 5.70. The van der Waals surface area contributed by atoms with Crippen LogP contribution in [-0.4, -0.2) is 31.3 Å². The van der Waals surface area contributed by atoms with E-state index >= 15 is 0 Å². The SMILES string of the molecule is CC(=O)c1ccc(N=Cc2ccc(OCCOC(C)C)cc2)cc1. The third-order valence-corrected chi connectivity index (χ3v) is 3.32. The predicted octanol–water partition coefficient (Wildman–Crippen LogP) is 4.44. The largest absolute Gasteiger partial charge is 0.491 e. The molecule has 0 amide bonds. The summed E-state index contributed by atoms with van der Waals surface area (Å²) < 4.78 is 11.0. The minimum Gasteiger partial charge on any atom is -0.491 e. The van der Waals surface area contributed by atoms with Gasteiger partial charge in [-0.1, -0.05) is 0 Å². The molecule has 4 nitrogen and oxygen atoms in total. The van der Waals surface area contributed by atoms with Crippen molar-refractivity contribution >= 4 is 17.7 Å². The first kappa shape index (κ1) is 17.9. The van der Waals surface area contributed by atoms with E-state index in [2.05, 4.69) is 4.99 Å². The summed E-state index contributed by atoms with van der Waals surface area (Å²) in [5.74, 6) is 0.866. The summed E-state index contributed by atoms with van der Waals surface area (Å²) in [6.07, 6.45) is 2.01. The van der Waals surface area contributed by atoms with E-state index < -0.39 is 0 Å². The molecule has 0 saturated heterocycles. The van der Waals surface area contributed by atoms with Crippen LogP contribution in [0.1, 0.15) is 36.7 Å². The van der Waals surface area contributed by atoms with Crippen LogP contribution in [-0.2, 0) is 4.74 Å². The Bertz CT molecular complexity index is 673. The maximum absolute atomic E-state index is 11.2. The van der Waals surface area contributed by atoms with E-state index in [-0.39, 0.29) is 11.9 Å². The van der Waals surface area contributed by atoms with Crippen molar-refractivity contribution in [2.45, 2.75) is 26.9 Å². The highest BCUT2D eigenvalue weighted by Crippen LogP contribution is 2.15. The van der Waals surface area contributed by atoms with Crippen LogP contribution < -0.4 is 4.74 Å². The highest BCUT2D eigenvalue weighted by atomic mass is 16.5. The standard InChI is InChI=1S/C20H23NO3/c1-15(2)23-12-13-24-20-10-4-17(5-11-20)14-21-19-8-6-18(7-9-19)16(3)22/h4-11,14-15H,12-13H2,1-3H3. The maximum atomic E-state index is 11.2. The Kier molecular flexibility index (Phi) is 6.70. The predicted molar refractivity (Wildman–Crippen MR) is 96.7 cm³/mol. The van der Waals surface area contributed by atoms with Crippen molar-refractivity contribution in [3.63, 3.8) is 0 Å². The molecule has 0 aliphatic rings. The first-order valence-corrected chi connectivity index (χ1v) is 8.04. The summed E-state index contributed by atoms with van der Waals surface area (Å²) in [5.41, 5.74) is 2.49. The van der Waals surface area contributed by atoms with Gasteiger partial charge in [0.1, 0.15) is 12.4 Å². The van der Waals surface area contributed by atoms with Gasteiger partial charge in [-0.15, -0.1) is 0 Å². The second kappa shape index (κ2) is 8.99. The van der Waals surface area contributed by atoms with Gasteiger partial charge in [-0.25, -0.2) is 0 Å². The molecule has 0 atom stereocenters. The van der Waals surface area contributed by atoms with Crippen molar-refractivity contribution in [1.82, 2.24) is 0 Å². The van der Waals surface area contributed by atoms with Crippen LogP contribution in [0.25, 0.3) is 0 Å². The van der Waals surface area contributed by atoms with Crippen molar-refractivity contribution in [2.24, 2.45) is 4.99 Å². The molecule has 0 aromatic heterocycles. The van der Waals surface area contributed by atoms with E-state index in [0.717, 1.165) is 17.0 Å². The molecule has 2 aromatic carbocycles. The van der Waals surface area contributed by atoms with Gasteiger partial charge in [-0.2, -0.15) is 0 Å². The highest BCUT2D eigenvalue weighted by molar-refractivity contribution is 5.94. The number of carbonyl (C=O) groups is 1.